The molecular formula is C17H23N3OS. The molecule has 0 saturated carbocycles. The van der Waals surface area contributed by atoms with Crippen LogP contribution in [0.3, 0.4) is 0 Å². The molecule has 118 valence electrons. The minimum Gasteiger partial charge on any atom is -0.337 e. The molecule has 0 radical (unpaired) electrons. The van der Waals surface area contributed by atoms with Crippen molar-refractivity contribution in [2.45, 2.75) is 57.0 Å². The fourth-order valence-corrected chi connectivity index (χ4v) is 3.57. The minimum atomic E-state index is -0.178. The van der Waals surface area contributed by atoms with Gasteiger partial charge in [0.25, 0.3) is 0 Å². The zero-order valence-corrected chi connectivity index (χ0v) is 14.6. The molecule has 1 heterocycles. The molecular weight excluding hydrogens is 294 g/mol. The standard InChI is InChI=1S/C17H23N3OS/c1-11(2)20(12(3)4)17(21)13(5)22-16-14-8-6-7-9-15(14)18-10-19-16/h6-13H,1-5H3. The number of hydrogen-bond donors (Lipinski definition) is 0. The molecule has 2 aromatic rings. The summed E-state index contributed by atoms with van der Waals surface area (Å²) in [5, 5.41) is 1.68. The van der Waals surface area contributed by atoms with Crippen LogP contribution in [0.25, 0.3) is 10.9 Å². The van der Waals surface area contributed by atoms with Crippen molar-refractivity contribution in [1.29, 1.82) is 0 Å². The number of amides is 1. The molecule has 5 heteroatoms. The van der Waals surface area contributed by atoms with E-state index in [1.54, 1.807) is 6.33 Å². The van der Waals surface area contributed by atoms with Crippen LogP contribution < -0.4 is 0 Å². The van der Waals surface area contributed by atoms with E-state index in [1.165, 1.54) is 11.8 Å². The van der Waals surface area contributed by atoms with Gasteiger partial charge in [-0.05, 0) is 40.7 Å². The monoisotopic (exact) mass is 317 g/mol. The van der Waals surface area contributed by atoms with Gasteiger partial charge in [0, 0.05) is 17.5 Å². The van der Waals surface area contributed by atoms with Crippen molar-refractivity contribution in [3.05, 3.63) is 30.6 Å². The number of nitrogens with zero attached hydrogens (tertiary/aromatic N) is 3. The largest absolute Gasteiger partial charge is 0.337 e. The van der Waals surface area contributed by atoms with Gasteiger partial charge in [0.05, 0.1) is 10.8 Å². The third-order valence-corrected chi connectivity index (χ3v) is 4.61. The summed E-state index contributed by atoms with van der Waals surface area (Å²) in [6.07, 6.45) is 1.56. The summed E-state index contributed by atoms with van der Waals surface area (Å²) >= 11 is 1.50. The lowest BCUT2D eigenvalue weighted by molar-refractivity contribution is -0.133. The fourth-order valence-electron chi connectivity index (χ4n) is 2.61. The van der Waals surface area contributed by atoms with Crippen molar-refractivity contribution in [2.75, 3.05) is 0 Å². The number of para-hydroxylation sites is 1. The summed E-state index contributed by atoms with van der Waals surface area (Å²) < 4.78 is 0. The van der Waals surface area contributed by atoms with Gasteiger partial charge < -0.3 is 4.90 Å². The summed E-state index contributed by atoms with van der Waals surface area (Å²) in [5.74, 6) is 0.151. The van der Waals surface area contributed by atoms with Crippen LogP contribution in [-0.4, -0.2) is 38.1 Å². The Morgan fingerprint density at radius 3 is 2.32 bits per heavy atom. The normalized spacial score (nSPS) is 12.9. The van der Waals surface area contributed by atoms with E-state index in [0.717, 1.165) is 15.9 Å². The van der Waals surface area contributed by atoms with E-state index < -0.39 is 0 Å². The van der Waals surface area contributed by atoms with Gasteiger partial charge in [0.2, 0.25) is 5.91 Å². The molecule has 1 aromatic heterocycles. The summed E-state index contributed by atoms with van der Waals surface area (Å²) in [7, 11) is 0. The van der Waals surface area contributed by atoms with E-state index in [-0.39, 0.29) is 23.2 Å². The first-order valence-electron chi connectivity index (χ1n) is 7.60. The Morgan fingerprint density at radius 2 is 1.68 bits per heavy atom. The summed E-state index contributed by atoms with van der Waals surface area (Å²) in [5.41, 5.74) is 0.907. The predicted molar refractivity (Wildman–Crippen MR) is 92.0 cm³/mol. The van der Waals surface area contributed by atoms with E-state index >= 15 is 0 Å². The molecule has 0 bridgehead atoms. The Bertz CT molecular complexity index is 644. The highest BCUT2D eigenvalue weighted by Crippen LogP contribution is 2.29. The van der Waals surface area contributed by atoms with Crippen LogP contribution in [0.2, 0.25) is 0 Å². The van der Waals surface area contributed by atoms with Crippen LogP contribution >= 0.6 is 11.8 Å². The number of thioether (sulfide) groups is 1. The van der Waals surface area contributed by atoms with Crippen molar-refractivity contribution >= 4 is 28.6 Å². The Morgan fingerprint density at radius 1 is 1.05 bits per heavy atom. The third-order valence-electron chi connectivity index (χ3n) is 3.51. The number of aromatic nitrogens is 2. The van der Waals surface area contributed by atoms with Crippen molar-refractivity contribution < 1.29 is 4.79 Å². The molecule has 1 atom stereocenters. The van der Waals surface area contributed by atoms with Gasteiger partial charge in [-0.3, -0.25) is 4.79 Å². The zero-order chi connectivity index (χ0) is 16.3. The Labute approximate surface area is 136 Å². The Hall–Kier alpha value is -1.62. The number of carbonyl (C=O) groups is 1. The first-order chi connectivity index (χ1) is 10.4. The smallest absolute Gasteiger partial charge is 0.236 e. The average Bonchev–Trinajstić information content (AvgIpc) is 2.46. The molecule has 1 unspecified atom stereocenters. The van der Waals surface area contributed by atoms with Crippen molar-refractivity contribution in [3.63, 3.8) is 0 Å². The molecule has 4 nitrogen and oxygen atoms in total. The lowest BCUT2D eigenvalue weighted by Gasteiger charge is -2.32. The van der Waals surface area contributed by atoms with Crippen LogP contribution in [-0.2, 0) is 4.79 Å². The molecule has 0 aliphatic rings. The maximum absolute atomic E-state index is 12.7. The number of hydrogen-bond acceptors (Lipinski definition) is 4. The molecule has 0 spiro atoms. The molecule has 1 amide bonds. The van der Waals surface area contributed by atoms with Crippen molar-refractivity contribution in [1.82, 2.24) is 14.9 Å². The highest BCUT2D eigenvalue weighted by atomic mass is 32.2. The van der Waals surface area contributed by atoms with Crippen LogP contribution in [0.5, 0.6) is 0 Å². The molecule has 0 saturated heterocycles. The van der Waals surface area contributed by atoms with Crippen LogP contribution in [0.1, 0.15) is 34.6 Å². The number of rotatable bonds is 5. The molecule has 0 aliphatic carbocycles. The second-order valence-corrected chi connectivity index (χ2v) is 7.22. The first kappa shape index (κ1) is 16.7. The minimum absolute atomic E-state index is 0.151. The van der Waals surface area contributed by atoms with Gasteiger partial charge in [-0.2, -0.15) is 0 Å². The van der Waals surface area contributed by atoms with E-state index in [2.05, 4.69) is 37.7 Å². The first-order valence-corrected chi connectivity index (χ1v) is 8.48. The van der Waals surface area contributed by atoms with Gasteiger partial charge in [0.1, 0.15) is 11.4 Å². The second-order valence-electron chi connectivity index (χ2n) is 5.89. The van der Waals surface area contributed by atoms with Crippen LogP contribution in [0, 0.1) is 0 Å². The molecule has 0 aliphatic heterocycles. The van der Waals surface area contributed by atoms with Crippen LogP contribution in [0.15, 0.2) is 35.6 Å². The van der Waals surface area contributed by atoms with Crippen LogP contribution in [0.4, 0.5) is 0 Å². The highest BCUT2D eigenvalue weighted by Gasteiger charge is 2.26. The zero-order valence-electron chi connectivity index (χ0n) is 13.8. The van der Waals surface area contributed by atoms with Gasteiger partial charge >= 0.3 is 0 Å². The molecule has 22 heavy (non-hydrogen) atoms. The van der Waals surface area contributed by atoms with Gasteiger partial charge in [-0.15, -0.1) is 0 Å². The van der Waals surface area contributed by atoms with Crippen molar-refractivity contribution in [3.8, 4) is 0 Å². The summed E-state index contributed by atoms with van der Waals surface area (Å²) in [4.78, 5) is 23.3. The highest BCUT2D eigenvalue weighted by molar-refractivity contribution is 8.00. The summed E-state index contributed by atoms with van der Waals surface area (Å²) in [6.45, 7) is 10.1. The van der Waals surface area contributed by atoms with E-state index in [0.29, 0.717) is 0 Å². The lowest BCUT2D eigenvalue weighted by atomic mass is 10.2. The number of benzene rings is 1. The predicted octanol–water partition coefficient (Wildman–Crippen LogP) is 3.76. The average molecular weight is 317 g/mol. The maximum atomic E-state index is 12.7. The second kappa shape index (κ2) is 7.09. The Balaban J connectivity index is 2.23. The summed E-state index contributed by atoms with van der Waals surface area (Å²) in [6, 6.07) is 8.27. The van der Waals surface area contributed by atoms with E-state index in [9.17, 15) is 4.79 Å². The van der Waals surface area contributed by atoms with E-state index in [1.807, 2.05) is 36.1 Å². The number of carbonyl (C=O) groups excluding carboxylic acids is 1. The van der Waals surface area contributed by atoms with Gasteiger partial charge in [0.15, 0.2) is 0 Å². The Kier molecular flexibility index (Phi) is 5.40. The molecule has 0 fully saturated rings. The quantitative estimate of drug-likeness (QED) is 0.622. The maximum Gasteiger partial charge on any atom is 0.236 e. The molecule has 2 rings (SSSR count). The third kappa shape index (κ3) is 3.58. The number of fused-ring (bicyclic) bond motifs is 1. The molecule has 1 aromatic carbocycles. The fraction of sp³-hybridized carbons (Fsp3) is 0.471. The van der Waals surface area contributed by atoms with Gasteiger partial charge in [-0.1, -0.05) is 30.0 Å². The molecule has 0 N–H and O–H groups in total. The SMILES string of the molecule is CC(Sc1ncnc2ccccc12)C(=O)N(C(C)C)C(C)C. The van der Waals surface area contributed by atoms with E-state index in [4.69, 9.17) is 0 Å². The topological polar surface area (TPSA) is 46.1 Å². The van der Waals surface area contributed by atoms with Crippen molar-refractivity contribution in [2.24, 2.45) is 0 Å². The lowest BCUT2D eigenvalue weighted by Crippen LogP contribution is -2.45. The van der Waals surface area contributed by atoms with Gasteiger partial charge in [-0.25, -0.2) is 9.97 Å².